The zero-order valence-corrected chi connectivity index (χ0v) is 17.7. The Kier molecular flexibility index (Phi) is 5.61. The predicted molar refractivity (Wildman–Crippen MR) is 120 cm³/mol. The van der Waals surface area contributed by atoms with Crippen molar-refractivity contribution < 1.29 is 9.90 Å². The molecule has 2 saturated heterocycles. The lowest BCUT2D eigenvalue weighted by Gasteiger charge is -2.35. The number of piperazine rings is 1. The van der Waals surface area contributed by atoms with Gasteiger partial charge in [0.15, 0.2) is 0 Å². The van der Waals surface area contributed by atoms with Crippen LogP contribution in [0.2, 0.25) is 0 Å². The van der Waals surface area contributed by atoms with Gasteiger partial charge in [-0.15, -0.1) is 0 Å². The fourth-order valence-electron chi connectivity index (χ4n) is 4.65. The first-order valence-electron chi connectivity index (χ1n) is 11.2. The molecule has 3 aromatic rings. The molecule has 2 aliphatic rings. The fourth-order valence-corrected chi connectivity index (χ4v) is 4.65. The molecule has 2 fully saturated rings. The van der Waals surface area contributed by atoms with Crippen LogP contribution in [0.25, 0.3) is 5.65 Å². The number of aliphatic hydroxyl groups excluding tert-OH is 1. The van der Waals surface area contributed by atoms with Crippen LogP contribution in [0.5, 0.6) is 0 Å². The molecule has 4 heterocycles. The minimum absolute atomic E-state index is 0.0227. The van der Waals surface area contributed by atoms with Crippen molar-refractivity contribution in [1.82, 2.24) is 19.2 Å². The minimum atomic E-state index is -0.520. The second-order valence-electron chi connectivity index (χ2n) is 8.47. The summed E-state index contributed by atoms with van der Waals surface area (Å²) >= 11 is 0. The van der Waals surface area contributed by atoms with Gasteiger partial charge in [-0.1, -0.05) is 12.1 Å². The molecule has 0 spiro atoms. The van der Waals surface area contributed by atoms with Crippen LogP contribution >= 0.6 is 0 Å². The van der Waals surface area contributed by atoms with Gasteiger partial charge in [0.05, 0.1) is 11.7 Å². The largest absolute Gasteiger partial charge is 0.387 e. The van der Waals surface area contributed by atoms with Crippen LogP contribution < -0.4 is 4.90 Å². The lowest BCUT2D eigenvalue weighted by molar-refractivity contribution is 0.0528. The first kappa shape index (κ1) is 20.0. The lowest BCUT2D eigenvalue weighted by Crippen LogP contribution is -2.49. The maximum atomic E-state index is 13.0. The second-order valence-corrected chi connectivity index (χ2v) is 8.47. The number of anilines is 1. The van der Waals surface area contributed by atoms with Gasteiger partial charge < -0.3 is 19.3 Å². The average Bonchev–Trinajstić information content (AvgIpc) is 3.51. The Morgan fingerprint density at radius 2 is 1.71 bits per heavy atom. The second kappa shape index (κ2) is 8.69. The molecule has 31 heavy (non-hydrogen) atoms. The molecule has 0 bridgehead atoms. The SMILES string of the molecule is O=C(c1cccn2ccnc12)N1CCN(CC(O)c2ccc(N3CCCC3)cc2)CC1. The van der Waals surface area contributed by atoms with Gasteiger partial charge in [-0.2, -0.15) is 0 Å². The molecule has 0 radical (unpaired) electrons. The van der Waals surface area contributed by atoms with Gasteiger partial charge in [-0.3, -0.25) is 9.69 Å². The third kappa shape index (κ3) is 4.16. The van der Waals surface area contributed by atoms with Crippen molar-refractivity contribution in [3.05, 3.63) is 66.1 Å². The fraction of sp³-hybridized carbons (Fsp3) is 0.417. The third-order valence-electron chi connectivity index (χ3n) is 6.49. The number of β-amino-alcohol motifs (C(OH)–C–C–N with tert-alkyl or cyclic N) is 1. The molecule has 2 aliphatic heterocycles. The number of hydrogen-bond donors (Lipinski definition) is 1. The quantitative estimate of drug-likeness (QED) is 0.688. The van der Waals surface area contributed by atoms with Crippen LogP contribution in [0.1, 0.15) is 34.9 Å². The lowest BCUT2D eigenvalue weighted by atomic mass is 10.1. The Bertz CT molecular complexity index is 1030. The molecule has 1 aromatic carbocycles. The van der Waals surface area contributed by atoms with Crippen LogP contribution in [0.3, 0.4) is 0 Å². The summed E-state index contributed by atoms with van der Waals surface area (Å²) in [6.07, 6.45) is 7.46. The van der Waals surface area contributed by atoms with Gasteiger partial charge in [0, 0.05) is 70.1 Å². The van der Waals surface area contributed by atoms with E-state index in [1.54, 1.807) is 6.20 Å². The van der Waals surface area contributed by atoms with Crippen molar-refractivity contribution in [2.75, 3.05) is 50.7 Å². The molecular weight excluding hydrogens is 390 g/mol. The molecule has 7 nitrogen and oxygen atoms in total. The average molecular weight is 420 g/mol. The number of nitrogens with zero attached hydrogens (tertiary/aromatic N) is 5. The Balaban J connectivity index is 1.16. The summed E-state index contributed by atoms with van der Waals surface area (Å²) in [5.41, 5.74) is 3.53. The smallest absolute Gasteiger partial charge is 0.257 e. The Morgan fingerprint density at radius 3 is 2.45 bits per heavy atom. The first-order chi connectivity index (χ1) is 15.2. The molecule has 1 amide bonds. The van der Waals surface area contributed by atoms with Crippen LogP contribution in [0.15, 0.2) is 55.0 Å². The zero-order valence-electron chi connectivity index (χ0n) is 17.7. The van der Waals surface area contributed by atoms with E-state index in [-0.39, 0.29) is 5.91 Å². The van der Waals surface area contributed by atoms with E-state index in [4.69, 9.17) is 0 Å². The summed E-state index contributed by atoms with van der Waals surface area (Å²) in [7, 11) is 0. The predicted octanol–water partition coefficient (Wildman–Crippen LogP) is 2.43. The van der Waals surface area contributed by atoms with Gasteiger partial charge in [0.1, 0.15) is 5.65 Å². The van der Waals surface area contributed by atoms with E-state index in [1.807, 2.05) is 46.0 Å². The van der Waals surface area contributed by atoms with Gasteiger partial charge in [0.25, 0.3) is 5.91 Å². The highest BCUT2D eigenvalue weighted by molar-refractivity contribution is 5.99. The summed E-state index contributed by atoms with van der Waals surface area (Å²) in [5, 5.41) is 10.7. The van der Waals surface area contributed by atoms with E-state index in [0.29, 0.717) is 30.8 Å². The number of carbonyl (C=O) groups excluding carboxylic acids is 1. The Morgan fingerprint density at radius 1 is 0.968 bits per heavy atom. The van der Waals surface area contributed by atoms with Crippen LogP contribution in [-0.2, 0) is 0 Å². The highest BCUT2D eigenvalue weighted by atomic mass is 16.3. The molecule has 7 heteroatoms. The molecular formula is C24H29N5O2. The van der Waals surface area contributed by atoms with Crippen LogP contribution in [0, 0.1) is 0 Å². The maximum Gasteiger partial charge on any atom is 0.257 e. The molecule has 1 atom stereocenters. The third-order valence-corrected chi connectivity index (χ3v) is 6.49. The van der Waals surface area contributed by atoms with E-state index in [9.17, 15) is 9.90 Å². The number of benzene rings is 1. The zero-order chi connectivity index (χ0) is 21.2. The number of rotatable bonds is 5. The minimum Gasteiger partial charge on any atom is -0.387 e. The van der Waals surface area contributed by atoms with E-state index in [2.05, 4.69) is 26.9 Å². The molecule has 0 saturated carbocycles. The summed E-state index contributed by atoms with van der Waals surface area (Å²) in [4.78, 5) is 23.8. The van der Waals surface area contributed by atoms with Gasteiger partial charge in [-0.05, 0) is 42.7 Å². The van der Waals surface area contributed by atoms with Crippen molar-refractivity contribution in [2.24, 2.45) is 0 Å². The number of aromatic nitrogens is 2. The number of hydrogen-bond acceptors (Lipinski definition) is 5. The molecule has 2 aromatic heterocycles. The Hall–Kier alpha value is -2.90. The normalized spacial score (nSPS) is 18.6. The van der Waals surface area contributed by atoms with Crippen molar-refractivity contribution in [3.8, 4) is 0 Å². The summed E-state index contributed by atoms with van der Waals surface area (Å²) < 4.78 is 1.87. The summed E-state index contributed by atoms with van der Waals surface area (Å²) in [6.45, 7) is 5.65. The molecule has 0 aliphatic carbocycles. The highest BCUT2D eigenvalue weighted by Crippen LogP contribution is 2.23. The van der Waals surface area contributed by atoms with Crippen molar-refractivity contribution in [3.63, 3.8) is 0 Å². The van der Waals surface area contributed by atoms with E-state index >= 15 is 0 Å². The van der Waals surface area contributed by atoms with E-state index in [0.717, 1.165) is 31.7 Å². The first-order valence-corrected chi connectivity index (χ1v) is 11.2. The number of fused-ring (bicyclic) bond motifs is 1. The standard InChI is InChI=1S/C24H29N5O2/c30-22(19-5-7-20(8-6-19)27-10-1-2-11-27)18-26-14-16-29(17-15-26)24(31)21-4-3-12-28-13-9-25-23(21)28/h3-9,12-13,22,30H,1-2,10-11,14-18H2. The van der Waals surface area contributed by atoms with Gasteiger partial charge >= 0.3 is 0 Å². The van der Waals surface area contributed by atoms with E-state index < -0.39 is 6.10 Å². The molecule has 1 unspecified atom stereocenters. The molecule has 5 rings (SSSR count). The summed E-state index contributed by atoms with van der Waals surface area (Å²) in [5.74, 6) is 0.0227. The number of carbonyl (C=O) groups is 1. The molecule has 1 N–H and O–H groups in total. The van der Waals surface area contributed by atoms with Crippen molar-refractivity contribution in [1.29, 1.82) is 0 Å². The monoisotopic (exact) mass is 419 g/mol. The van der Waals surface area contributed by atoms with Crippen molar-refractivity contribution in [2.45, 2.75) is 18.9 Å². The maximum absolute atomic E-state index is 13.0. The number of pyridine rings is 1. The van der Waals surface area contributed by atoms with Crippen LogP contribution in [0.4, 0.5) is 5.69 Å². The topological polar surface area (TPSA) is 64.3 Å². The Labute approximate surface area is 182 Å². The highest BCUT2D eigenvalue weighted by Gasteiger charge is 2.25. The number of imidazole rings is 1. The number of aliphatic hydroxyl groups is 1. The van der Waals surface area contributed by atoms with Crippen LogP contribution in [-0.4, -0.2) is 76.0 Å². The van der Waals surface area contributed by atoms with Gasteiger partial charge in [0.2, 0.25) is 0 Å². The summed E-state index contributed by atoms with van der Waals surface area (Å²) in [6, 6.07) is 12.1. The van der Waals surface area contributed by atoms with Crippen molar-refractivity contribution >= 4 is 17.2 Å². The van der Waals surface area contributed by atoms with E-state index in [1.165, 1.54) is 18.5 Å². The van der Waals surface area contributed by atoms with Gasteiger partial charge in [-0.25, -0.2) is 4.98 Å². The molecule has 162 valence electrons. The number of amides is 1.